The standard InChI is InChI=1S/C22H25ClN4O4/c1-3-14(2)24-22(29)17-13-16(7-9-19(17)26-10-4-5-11-26)25-21(28)15-6-8-18(23)20(12-15)27(30)31/h6-9,12-14H,3-5,10-11H2,1-2H3,(H,24,29)(H,25,28). The molecule has 1 heterocycles. The lowest BCUT2D eigenvalue weighted by Gasteiger charge is -2.23. The van der Waals surface area contributed by atoms with E-state index in [0.717, 1.165) is 44.1 Å². The van der Waals surface area contributed by atoms with E-state index in [9.17, 15) is 19.7 Å². The van der Waals surface area contributed by atoms with E-state index in [0.29, 0.717) is 11.3 Å². The van der Waals surface area contributed by atoms with Crippen molar-refractivity contribution in [1.82, 2.24) is 5.32 Å². The van der Waals surface area contributed by atoms with Crippen LogP contribution in [0.1, 0.15) is 53.8 Å². The number of hydrogen-bond donors (Lipinski definition) is 2. The highest BCUT2D eigenvalue weighted by atomic mass is 35.5. The van der Waals surface area contributed by atoms with Crippen LogP contribution in [0.2, 0.25) is 5.02 Å². The van der Waals surface area contributed by atoms with Crippen LogP contribution in [0.3, 0.4) is 0 Å². The van der Waals surface area contributed by atoms with E-state index in [1.54, 1.807) is 12.1 Å². The van der Waals surface area contributed by atoms with Crippen LogP contribution < -0.4 is 15.5 Å². The number of nitro groups is 1. The number of halogens is 1. The molecule has 1 aliphatic rings. The van der Waals surface area contributed by atoms with Crippen LogP contribution in [-0.4, -0.2) is 35.9 Å². The second-order valence-electron chi connectivity index (χ2n) is 7.59. The fourth-order valence-electron chi connectivity index (χ4n) is 3.43. The third kappa shape index (κ3) is 5.32. The molecule has 0 aromatic heterocycles. The number of carbonyl (C=O) groups is 2. The number of nitrogens with zero attached hydrogens (tertiary/aromatic N) is 2. The lowest BCUT2D eigenvalue weighted by atomic mass is 10.1. The molecule has 2 N–H and O–H groups in total. The van der Waals surface area contributed by atoms with Crippen molar-refractivity contribution >= 4 is 40.5 Å². The SMILES string of the molecule is CCC(C)NC(=O)c1cc(NC(=O)c2ccc(Cl)c([N+](=O)[O-])c2)ccc1N1CCCC1. The van der Waals surface area contributed by atoms with Crippen LogP contribution in [0.15, 0.2) is 36.4 Å². The van der Waals surface area contributed by atoms with Gasteiger partial charge in [0.25, 0.3) is 17.5 Å². The maximum absolute atomic E-state index is 12.9. The minimum absolute atomic E-state index is 0.0202. The quantitative estimate of drug-likeness (QED) is 0.478. The van der Waals surface area contributed by atoms with Crippen LogP contribution >= 0.6 is 11.6 Å². The van der Waals surface area contributed by atoms with Crippen LogP contribution in [0, 0.1) is 10.1 Å². The van der Waals surface area contributed by atoms with Crippen molar-refractivity contribution in [2.75, 3.05) is 23.3 Å². The van der Waals surface area contributed by atoms with Gasteiger partial charge in [-0.3, -0.25) is 19.7 Å². The molecule has 1 atom stereocenters. The molecular formula is C22H25ClN4O4. The predicted octanol–water partition coefficient (Wildman–Crippen LogP) is 4.63. The van der Waals surface area contributed by atoms with E-state index in [4.69, 9.17) is 11.6 Å². The molecule has 2 amide bonds. The second-order valence-corrected chi connectivity index (χ2v) is 7.99. The van der Waals surface area contributed by atoms with Gasteiger partial charge < -0.3 is 15.5 Å². The molecule has 1 fully saturated rings. The molecule has 1 unspecified atom stereocenters. The molecule has 8 nitrogen and oxygen atoms in total. The molecule has 1 aliphatic heterocycles. The third-order valence-corrected chi connectivity index (χ3v) is 5.66. The molecule has 1 saturated heterocycles. The lowest BCUT2D eigenvalue weighted by molar-refractivity contribution is -0.384. The minimum Gasteiger partial charge on any atom is -0.371 e. The van der Waals surface area contributed by atoms with E-state index in [-0.39, 0.29) is 28.2 Å². The summed E-state index contributed by atoms with van der Waals surface area (Å²) in [5.41, 5.74) is 1.51. The highest BCUT2D eigenvalue weighted by molar-refractivity contribution is 6.32. The van der Waals surface area contributed by atoms with E-state index < -0.39 is 10.8 Å². The first-order valence-corrected chi connectivity index (χ1v) is 10.6. The van der Waals surface area contributed by atoms with Crippen LogP contribution in [0.25, 0.3) is 0 Å². The fourth-order valence-corrected chi connectivity index (χ4v) is 3.62. The molecule has 9 heteroatoms. The van der Waals surface area contributed by atoms with Gasteiger partial charge in [0.05, 0.1) is 10.5 Å². The van der Waals surface area contributed by atoms with Gasteiger partial charge in [0.2, 0.25) is 0 Å². The van der Waals surface area contributed by atoms with Gasteiger partial charge in [0.15, 0.2) is 0 Å². The van der Waals surface area contributed by atoms with E-state index in [1.165, 1.54) is 12.1 Å². The van der Waals surface area contributed by atoms with E-state index in [1.807, 2.05) is 19.9 Å². The summed E-state index contributed by atoms with van der Waals surface area (Å²) in [6.45, 7) is 5.69. The van der Waals surface area contributed by atoms with Gasteiger partial charge in [-0.25, -0.2) is 0 Å². The molecule has 2 aromatic carbocycles. The van der Waals surface area contributed by atoms with Crippen molar-refractivity contribution in [2.24, 2.45) is 0 Å². The summed E-state index contributed by atoms with van der Waals surface area (Å²) in [5, 5.41) is 16.8. The minimum atomic E-state index is -0.638. The summed E-state index contributed by atoms with van der Waals surface area (Å²) in [6.07, 6.45) is 2.94. The van der Waals surface area contributed by atoms with E-state index in [2.05, 4.69) is 15.5 Å². The van der Waals surface area contributed by atoms with Crippen molar-refractivity contribution in [3.05, 3.63) is 62.7 Å². The molecule has 0 saturated carbocycles. The smallest absolute Gasteiger partial charge is 0.288 e. The van der Waals surface area contributed by atoms with Gasteiger partial charge >= 0.3 is 0 Å². The highest BCUT2D eigenvalue weighted by Gasteiger charge is 2.22. The number of anilines is 2. The van der Waals surface area contributed by atoms with Crippen LogP contribution in [0.5, 0.6) is 0 Å². The summed E-state index contributed by atoms with van der Waals surface area (Å²) in [4.78, 5) is 38.2. The van der Waals surface area contributed by atoms with Crippen molar-refractivity contribution < 1.29 is 14.5 Å². The molecule has 0 spiro atoms. The number of amides is 2. The number of rotatable bonds is 7. The normalized spacial score (nSPS) is 14.2. The first-order valence-electron chi connectivity index (χ1n) is 10.2. The number of carbonyl (C=O) groups excluding carboxylic acids is 2. The molecule has 2 aromatic rings. The molecule has 0 bridgehead atoms. The molecule has 3 rings (SSSR count). The Morgan fingerprint density at radius 3 is 2.52 bits per heavy atom. The average molecular weight is 445 g/mol. The summed E-state index contributed by atoms with van der Waals surface area (Å²) >= 11 is 5.82. The largest absolute Gasteiger partial charge is 0.371 e. The monoisotopic (exact) mass is 444 g/mol. The van der Waals surface area contributed by atoms with Crippen LogP contribution in [0.4, 0.5) is 17.1 Å². The zero-order valence-electron chi connectivity index (χ0n) is 17.5. The highest BCUT2D eigenvalue weighted by Crippen LogP contribution is 2.29. The Kier molecular flexibility index (Phi) is 7.12. The van der Waals surface area contributed by atoms with Gasteiger partial charge in [-0.15, -0.1) is 0 Å². The van der Waals surface area contributed by atoms with Crippen molar-refractivity contribution in [1.29, 1.82) is 0 Å². The van der Waals surface area contributed by atoms with Gasteiger partial charge in [-0.05, 0) is 56.5 Å². The Labute approximate surface area is 185 Å². The molecule has 31 heavy (non-hydrogen) atoms. The first-order chi connectivity index (χ1) is 14.8. The fraction of sp³-hybridized carbons (Fsp3) is 0.364. The Morgan fingerprint density at radius 1 is 1.16 bits per heavy atom. The Balaban J connectivity index is 1.88. The molecular weight excluding hydrogens is 420 g/mol. The van der Waals surface area contributed by atoms with Gasteiger partial charge in [0.1, 0.15) is 5.02 Å². The number of nitro benzene ring substituents is 1. The Bertz CT molecular complexity index is 1010. The number of benzene rings is 2. The average Bonchev–Trinajstić information content (AvgIpc) is 3.28. The summed E-state index contributed by atoms with van der Waals surface area (Å²) < 4.78 is 0. The number of nitrogens with one attached hydrogen (secondary N) is 2. The second kappa shape index (κ2) is 9.78. The third-order valence-electron chi connectivity index (χ3n) is 5.34. The van der Waals surface area contributed by atoms with Crippen molar-refractivity contribution in [3.63, 3.8) is 0 Å². The molecule has 0 radical (unpaired) electrons. The summed E-state index contributed by atoms with van der Waals surface area (Å²) in [5.74, 6) is -0.726. The van der Waals surface area contributed by atoms with Crippen molar-refractivity contribution in [3.8, 4) is 0 Å². The molecule has 0 aliphatic carbocycles. The maximum atomic E-state index is 12.9. The summed E-state index contributed by atoms with van der Waals surface area (Å²) in [7, 11) is 0. The Morgan fingerprint density at radius 2 is 1.87 bits per heavy atom. The van der Waals surface area contributed by atoms with Gasteiger partial charge in [0, 0.05) is 42.1 Å². The van der Waals surface area contributed by atoms with Crippen molar-refractivity contribution in [2.45, 2.75) is 39.2 Å². The molecule has 164 valence electrons. The van der Waals surface area contributed by atoms with Crippen LogP contribution in [-0.2, 0) is 0 Å². The lowest BCUT2D eigenvalue weighted by Crippen LogP contribution is -2.33. The number of hydrogen-bond acceptors (Lipinski definition) is 5. The summed E-state index contributed by atoms with van der Waals surface area (Å²) in [6, 6.07) is 9.09. The van der Waals surface area contributed by atoms with Gasteiger partial charge in [-0.1, -0.05) is 18.5 Å². The topological polar surface area (TPSA) is 105 Å². The predicted molar refractivity (Wildman–Crippen MR) is 121 cm³/mol. The maximum Gasteiger partial charge on any atom is 0.288 e. The Hall–Kier alpha value is -3.13. The zero-order chi connectivity index (χ0) is 22.5. The first kappa shape index (κ1) is 22.6. The zero-order valence-corrected chi connectivity index (χ0v) is 18.2. The van der Waals surface area contributed by atoms with E-state index >= 15 is 0 Å². The van der Waals surface area contributed by atoms with Gasteiger partial charge in [-0.2, -0.15) is 0 Å².